The summed E-state index contributed by atoms with van der Waals surface area (Å²) in [6.07, 6.45) is 0.728. The van der Waals surface area contributed by atoms with Crippen molar-refractivity contribution in [2.24, 2.45) is 0 Å². The highest BCUT2D eigenvalue weighted by molar-refractivity contribution is 5.90. The number of hydrogen-bond acceptors (Lipinski definition) is 4. The van der Waals surface area contributed by atoms with E-state index in [1.165, 1.54) is 19.2 Å². The van der Waals surface area contributed by atoms with Crippen LogP contribution in [0.4, 0.5) is 17.6 Å². The number of halogens is 4. The van der Waals surface area contributed by atoms with E-state index in [-0.39, 0.29) is 22.6 Å². The summed E-state index contributed by atoms with van der Waals surface area (Å²) in [6.45, 7) is 0.318. The Bertz CT molecular complexity index is 1280. The number of ether oxygens (including phenoxy) is 3. The van der Waals surface area contributed by atoms with Crippen molar-refractivity contribution in [2.75, 3.05) is 13.7 Å². The van der Waals surface area contributed by atoms with Crippen molar-refractivity contribution >= 4 is 5.97 Å². The van der Waals surface area contributed by atoms with E-state index in [1.54, 1.807) is 36.4 Å². The molecule has 1 saturated heterocycles. The number of rotatable bonds is 6. The lowest BCUT2D eigenvalue weighted by Crippen LogP contribution is -2.25. The summed E-state index contributed by atoms with van der Waals surface area (Å²) < 4.78 is 74.1. The van der Waals surface area contributed by atoms with E-state index < -0.39 is 47.0 Å². The first kappa shape index (κ1) is 24.3. The van der Waals surface area contributed by atoms with Crippen molar-refractivity contribution in [3.63, 3.8) is 0 Å². The third-order valence-electron chi connectivity index (χ3n) is 6.91. The van der Waals surface area contributed by atoms with E-state index in [0.717, 1.165) is 0 Å². The van der Waals surface area contributed by atoms with E-state index in [1.807, 2.05) is 0 Å². The first-order valence-electron chi connectivity index (χ1n) is 11.8. The molecule has 0 radical (unpaired) electrons. The Morgan fingerprint density at radius 2 is 1.44 bits per heavy atom. The van der Waals surface area contributed by atoms with E-state index >= 15 is 4.39 Å². The Morgan fingerprint density at radius 1 is 0.806 bits per heavy atom. The van der Waals surface area contributed by atoms with Gasteiger partial charge in [0.2, 0.25) is 0 Å². The molecule has 1 aliphatic carbocycles. The minimum Gasteiger partial charge on any atom is -0.497 e. The molecule has 2 fully saturated rings. The second-order valence-electron chi connectivity index (χ2n) is 9.09. The topological polar surface area (TPSA) is 48.1 Å². The molecule has 188 valence electrons. The molecule has 0 aromatic heterocycles. The second kappa shape index (κ2) is 9.93. The molecule has 3 aromatic rings. The summed E-state index contributed by atoms with van der Waals surface area (Å²) in [7, 11) is 1.53. The highest BCUT2D eigenvalue weighted by Crippen LogP contribution is 2.39. The lowest BCUT2D eigenvalue weighted by atomic mass is 9.82. The highest BCUT2D eigenvalue weighted by atomic mass is 19.2. The zero-order chi connectivity index (χ0) is 25.4. The van der Waals surface area contributed by atoms with E-state index in [2.05, 4.69) is 0 Å². The largest absolute Gasteiger partial charge is 0.497 e. The Kier molecular flexibility index (Phi) is 6.71. The number of carbonyl (C=O) groups is 1. The predicted molar refractivity (Wildman–Crippen MR) is 124 cm³/mol. The summed E-state index contributed by atoms with van der Waals surface area (Å²) in [5.41, 5.74) is 0.587. The van der Waals surface area contributed by atoms with Gasteiger partial charge in [-0.2, -0.15) is 0 Å². The molecule has 4 nitrogen and oxygen atoms in total. The molecule has 1 atom stereocenters. The van der Waals surface area contributed by atoms with Gasteiger partial charge in [-0.1, -0.05) is 30.3 Å². The van der Waals surface area contributed by atoms with Gasteiger partial charge in [-0.05, 0) is 60.9 Å². The van der Waals surface area contributed by atoms with Crippen LogP contribution >= 0.6 is 0 Å². The summed E-state index contributed by atoms with van der Waals surface area (Å²) in [5.74, 6) is -4.73. The Morgan fingerprint density at radius 3 is 2.08 bits per heavy atom. The molecule has 0 bridgehead atoms. The van der Waals surface area contributed by atoms with Gasteiger partial charge in [0.25, 0.3) is 0 Å². The summed E-state index contributed by atoms with van der Waals surface area (Å²) in [5, 5.41) is 0. The molecular weight excluding hydrogens is 476 g/mol. The van der Waals surface area contributed by atoms with Gasteiger partial charge in [-0.3, -0.25) is 0 Å². The molecule has 8 heteroatoms. The van der Waals surface area contributed by atoms with Crippen LogP contribution in [-0.2, 0) is 9.47 Å². The van der Waals surface area contributed by atoms with Gasteiger partial charge in [0.1, 0.15) is 18.0 Å². The highest BCUT2D eigenvalue weighted by Gasteiger charge is 2.33. The third-order valence-corrected chi connectivity index (χ3v) is 6.91. The quantitative estimate of drug-likeness (QED) is 0.211. The van der Waals surface area contributed by atoms with Crippen LogP contribution in [0.5, 0.6) is 5.75 Å². The second-order valence-corrected chi connectivity index (χ2v) is 9.09. The fourth-order valence-corrected chi connectivity index (χ4v) is 4.78. The molecule has 0 amide bonds. The zero-order valence-electron chi connectivity index (χ0n) is 19.5. The monoisotopic (exact) mass is 500 g/mol. The van der Waals surface area contributed by atoms with Crippen LogP contribution in [0, 0.1) is 23.3 Å². The SMILES string of the molecule is COc1ccc(-c2ccc(C3CCC(OC(=O)c4ccc(C5CO5)c(F)c4F)CC3)c(F)c2F)cc1. The van der Waals surface area contributed by atoms with Crippen molar-refractivity contribution < 1.29 is 36.6 Å². The number of epoxide rings is 1. The van der Waals surface area contributed by atoms with Crippen molar-refractivity contribution in [1.82, 2.24) is 0 Å². The number of methoxy groups -OCH3 is 1. The zero-order valence-corrected chi connectivity index (χ0v) is 19.5. The molecular formula is C28H24F4O4. The molecule has 36 heavy (non-hydrogen) atoms. The van der Waals surface area contributed by atoms with Crippen LogP contribution in [0.1, 0.15) is 59.2 Å². The van der Waals surface area contributed by atoms with Gasteiger partial charge in [-0.15, -0.1) is 0 Å². The molecule has 1 aliphatic heterocycles. The van der Waals surface area contributed by atoms with Gasteiger partial charge in [0, 0.05) is 11.1 Å². The summed E-state index contributed by atoms with van der Waals surface area (Å²) in [4.78, 5) is 12.5. The normalized spacial score (nSPS) is 21.2. The number of esters is 1. The van der Waals surface area contributed by atoms with Crippen LogP contribution < -0.4 is 4.74 Å². The molecule has 2 aliphatic rings. The fourth-order valence-electron chi connectivity index (χ4n) is 4.78. The van der Waals surface area contributed by atoms with Crippen LogP contribution in [0.25, 0.3) is 11.1 Å². The van der Waals surface area contributed by atoms with Crippen LogP contribution in [0.3, 0.4) is 0 Å². The fraction of sp³-hybridized carbons (Fsp3) is 0.321. The summed E-state index contributed by atoms with van der Waals surface area (Å²) in [6, 6.07) is 12.4. The van der Waals surface area contributed by atoms with Gasteiger partial charge in [-0.25, -0.2) is 22.4 Å². The molecule has 0 N–H and O–H groups in total. The van der Waals surface area contributed by atoms with Crippen molar-refractivity contribution in [3.05, 3.63) is 88.5 Å². The summed E-state index contributed by atoms with van der Waals surface area (Å²) >= 11 is 0. The van der Waals surface area contributed by atoms with E-state index in [4.69, 9.17) is 14.2 Å². The van der Waals surface area contributed by atoms with Gasteiger partial charge >= 0.3 is 5.97 Å². The molecule has 5 rings (SSSR count). The minimum atomic E-state index is -1.25. The Hall–Kier alpha value is -3.39. The van der Waals surface area contributed by atoms with Gasteiger partial charge in [0.05, 0.1) is 19.3 Å². The maximum atomic E-state index is 15.0. The van der Waals surface area contributed by atoms with Crippen molar-refractivity contribution in [2.45, 2.75) is 43.8 Å². The maximum absolute atomic E-state index is 15.0. The Balaban J connectivity index is 1.23. The average molecular weight is 500 g/mol. The maximum Gasteiger partial charge on any atom is 0.341 e. The van der Waals surface area contributed by atoms with Gasteiger partial charge in [0.15, 0.2) is 23.3 Å². The average Bonchev–Trinajstić information content (AvgIpc) is 3.73. The lowest BCUT2D eigenvalue weighted by molar-refractivity contribution is 0.0188. The third kappa shape index (κ3) is 4.69. The molecule has 3 aromatic carbocycles. The van der Waals surface area contributed by atoms with Gasteiger partial charge < -0.3 is 14.2 Å². The standard InChI is InChI=1S/C28H24F4O4/c1-34-17-6-2-15(3-7-17)19-10-11-20(25(30)24(19)29)16-4-8-18(9-5-16)36-28(33)22-13-12-21(23-14-35-23)26(31)27(22)32/h2-3,6-7,10-13,16,18,23H,4-5,8-9,14H2,1H3. The predicted octanol–water partition coefficient (Wildman–Crippen LogP) is 6.87. The van der Waals surface area contributed by atoms with Crippen molar-refractivity contribution in [3.8, 4) is 16.9 Å². The number of benzene rings is 3. The van der Waals surface area contributed by atoms with Crippen molar-refractivity contribution in [1.29, 1.82) is 0 Å². The lowest BCUT2D eigenvalue weighted by Gasteiger charge is -2.29. The Labute approximate surface area is 205 Å². The molecule has 1 heterocycles. The van der Waals surface area contributed by atoms with Crippen LogP contribution in [0.15, 0.2) is 48.5 Å². The molecule has 1 saturated carbocycles. The van der Waals surface area contributed by atoms with E-state index in [9.17, 15) is 18.0 Å². The smallest absolute Gasteiger partial charge is 0.341 e. The first-order chi connectivity index (χ1) is 17.4. The molecule has 1 unspecified atom stereocenters. The first-order valence-corrected chi connectivity index (χ1v) is 11.8. The molecule has 0 spiro atoms. The minimum absolute atomic E-state index is 0.0804. The van der Waals surface area contributed by atoms with Crippen LogP contribution in [-0.4, -0.2) is 25.8 Å². The number of hydrogen-bond donors (Lipinski definition) is 0. The number of carbonyl (C=O) groups excluding carboxylic acids is 1. The van der Waals surface area contributed by atoms with E-state index in [0.29, 0.717) is 43.6 Å². The van der Waals surface area contributed by atoms with Crippen LogP contribution in [0.2, 0.25) is 0 Å².